The molecule has 166 valence electrons. The van der Waals surface area contributed by atoms with E-state index < -0.39 is 0 Å². The van der Waals surface area contributed by atoms with Gasteiger partial charge in [-0.2, -0.15) is 5.26 Å². The van der Waals surface area contributed by atoms with E-state index in [1.54, 1.807) is 0 Å². The van der Waals surface area contributed by atoms with Gasteiger partial charge in [-0.3, -0.25) is 10.4 Å². The van der Waals surface area contributed by atoms with E-state index in [4.69, 9.17) is 4.98 Å². The first-order chi connectivity index (χ1) is 16.7. The molecule has 0 saturated heterocycles. The minimum Gasteiger partial charge on any atom is -0.292 e. The van der Waals surface area contributed by atoms with Crippen molar-refractivity contribution in [3.05, 3.63) is 107 Å². The van der Waals surface area contributed by atoms with E-state index in [0.717, 1.165) is 32.6 Å². The van der Waals surface area contributed by atoms with Crippen molar-refractivity contribution in [1.82, 2.24) is 20.2 Å². The van der Waals surface area contributed by atoms with Crippen molar-refractivity contribution in [2.45, 2.75) is 5.92 Å². The lowest BCUT2D eigenvalue weighted by atomic mass is 9.85. The van der Waals surface area contributed by atoms with Gasteiger partial charge in [0.2, 0.25) is 0 Å². The summed E-state index contributed by atoms with van der Waals surface area (Å²) in [5, 5.41) is 20.5. The van der Waals surface area contributed by atoms with Gasteiger partial charge in [0.1, 0.15) is 11.4 Å². The predicted octanol–water partition coefficient (Wildman–Crippen LogP) is 6.05. The molecule has 6 nitrogen and oxygen atoms in total. The van der Waals surface area contributed by atoms with Crippen LogP contribution in [0.25, 0.3) is 22.5 Å². The highest BCUT2D eigenvalue weighted by molar-refractivity contribution is 9.10. The van der Waals surface area contributed by atoms with E-state index >= 15 is 0 Å². The second-order valence-electron chi connectivity index (χ2n) is 7.99. The van der Waals surface area contributed by atoms with Gasteiger partial charge in [0.05, 0.1) is 18.5 Å². The number of benzene rings is 3. The average molecular weight is 509 g/mol. The molecular formula is C27H21BrN6. The zero-order chi connectivity index (χ0) is 23.3. The van der Waals surface area contributed by atoms with Crippen LogP contribution in [0, 0.1) is 17.2 Å². The Kier molecular flexibility index (Phi) is 6.32. The number of rotatable bonds is 5. The fourth-order valence-electron chi connectivity index (χ4n) is 4.07. The highest BCUT2D eigenvalue weighted by Gasteiger charge is 2.27. The van der Waals surface area contributed by atoms with Gasteiger partial charge in [-0.15, -0.1) is 10.2 Å². The maximum absolute atomic E-state index is 9.84. The Hall–Kier alpha value is -4.02. The number of nitrogens with one attached hydrogen (secondary N) is 1. The molecule has 5 rings (SSSR count). The van der Waals surface area contributed by atoms with Gasteiger partial charge in [-0.1, -0.05) is 94.8 Å². The quantitative estimate of drug-likeness (QED) is 0.353. The predicted molar refractivity (Wildman–Crippen MR) is 136 cm³/mol. The van der Waals surface area contributed by atoms with Gasteiger partial charge < -0.3 is 0 Å². The van der Waals surface area contributed by atoms with Crippen molar-refractivity contribution >= 4 is 21.9 Å². The molecule has 2 atom stereocenters. The average Bonchev–Trinajstić information content (AvgIpc) is 2.89. The maximum Gasteiger partial charge on any atom is 0.262 e. The maximum atomic E-state index is 9.84. The normalized spacial score (nSPS) is 17.2. The molecule has 0 aliphatic carbocycles. The summed E-state index contributed by atoms with van der Waals surface area (Å²) in [4.78, 5) is 4.80. The second kappa shape index (κ2) is 9.86. The first-order valence-electron chi connectivity index (χ1n) is 10.9. The number of hydrazine groups is 1. The van der Waals surface area contributed by atoms with E-state index in [1.165, 1.54) is 0 Å². The third kappa shape index (κ3) is 4.68. The third-order valence-corrected chi connectivity index (χ3v) is 6.22. The van der Waals surface area contributed by atoms with E-state index in [-0.39, 0.29) is 11.8 Å². The SMILES string of the molecule is N#CC1CN(Nc2nnc(-c3ccccc3)c(-c3ccccc3)n2)C=CC1c1cccc(Br)c1. The molecule has 1 N–H and O–H groups in total. The molecule has 0 fully saturated rings. The van der Waals surface area contributed by atoms with Crippen LogP contribution in [0.4, 0.5) is 5.95 Å². The Morgan fingerprint density at radius 1 is 0.882 bits per heavy atom. The molecule has 1 aromatic heterocycles. The number of allylic oxidation sites excluding steroid dienone is 1. The molecule has 2 unspecified atom stereocenters. The summed E-state index contributed by atoms with van der Waals surface area (Å²) in [6, 6.07) is 30.4. The van der Waals surface area contributed by atoms with E-state index in [0.29, 0.717) is 12.5 Å². The minimum atomic E-state index is -0.225. The van der Waals surface area contributed by atoms with Crippen LogP contribution in [0.3, 0.4) is 0 Å². The minimum absolute atomic E-state index is 0.0138. The Labute approximate surface area is 206 Å². The Morgan fingerprint density at radius 3 is 2.26 bits per heavy atom. The van der Waals surface area contributed by atoms with Crippen LogP contribution in [-0.4, -0.2) is 26.7 Å². The summed E-state index contributed by atoms with van der Waals surface area (Å²) in [5.74, 6) is 0.164. The third-order valence-electron chi connectivity index (χ3n) is 5.72. The molecule has 4 aromatic rings. The largest absolute Gasteiger partial charge is 0.292 e. The van der Waals surface area contributed by atoms with Crippen molar-refractivity contribution in [3.63, 3.8) is 0 Å². The fourth-order valence-corrected chi connectivity index (χ4v) is 4.48. The molecule has 2 heterocycles. The highest BCUT2D eigenvalue weighted by Crippen LogP contribution is 2.32. The van der Waals surface area contributed by atoms with E-state index in [1.807, 2.05) is 90.1 Å². The summed E-state index contributed by atoms with van der Waals surface area (Å²) in [5.41, 5.74) is 7.69. The second-order valence-corrected chi connectivity index (χ2v) is 8.90. The van der Waals surface area contributed by atoms with Gasteiger partial charge in [-0.25, -0.2) is 4.98 Å². The Bertz CT molecular complexity index is 1350. The highest BCUT2D eigenvalue weighted by atomic mass is 79.9. The number of nitrogens with zero attached hydrogens (tertiary/aromatic N) is 5. The standard InChI is InChI=1S/C27H21BrN6/c28-23-13-7-12-21(16-23)24-14-15-34(18-22(24)17-29)33-27-30-25(19-8-3-1-4-9-19)26(31-32-27)20-10-5-2-6-11-20/h1-16,22,24H,18H2,(H,30,32,33). The van der Waals surface area contributed by atoms with Gasteiger partial charge in [-0.05, 0) is 17.7 Å². The summed E-state index contributed by atoms with van der Waals surface area (Å²) in [7, 11) is 0. The zero-order valence-electron chi connectivity index (χ0n) is 18.2. The van der Waals surface area contributed by atoms with Crippen molar-refractivity contribution < 1.29 is 0 Å². The summed E-state index contributed by atoms with van der Waals surface area (Å²) < 4.78 is 1.00. The number of nitriles is 1. The van der Waals surface area contributed by atoms with Gasteiger partial charge in [0.15, 0.2) is 0 Å². The summed E-state index contributed by atoms with van der Waals surface area (Å²) >= 11 is 3.52. The molecule has 34 heavy (non-hydrogen) atoms. The first kappa shape index (κ1) is 21.8. The van der Waals surface area contributed by atoms with Crippen LogP contribution in [0.5, 0.6) is 0 Å². The van der Waals surface area contributed by atoms with E-state index in [9.17, 15) is 5.26 Å². The molecule has 0 saturated carbocycles. The van der Waals surface area contributed by atoms with Gasteiger partial charge >= 0.3 is 0 Å². The van der Waals surface area contributed by atoms with Crippen LogP contribution in [-0.2, 0) is 0 Å². The molecule has 1 aliphatic heterocycles. The smallest absolute Gasteiger partial charge is 0.262 e. The topological polar surface area (TPSA) is 77.7 Å². The summed E-state index contributed by atoms with van der Waals surface area (Å²) in [6.45, 7) is 0.495. The zero-order valence-corrected chi connectivity index (χ0v) is 19.8. The van der Waals surface area contributed by atoms with Gasteiger partial charge in [0.25, 0.3) is 5.95 Å². The molecular weight excluding hydrogens is 488 g/mol. The van der Waals surface area contributed by atoms with Crippen LogP contribution in [0.2, 0.25) is 0 Å². The van der Waals surface area contributed by atoms with Gasteiger partial charge in [0, 0.05) is 27.7 Å². The first-order valence-corrected chi connectivity index (χ1v) is 11.7. The van der Waals surface area contributed by atoms with E-state index in [2.05, 4.69) is 49.8 Å². The lowest BCUT2D eigenvalue weighted by Gasteiger charge is -2.31. The van der Waals surface area contributed by atoms with Crippen molar-refractivity contribution in [2.75, 3.05) is 12.0 Å². The van der Waals surface area contributed by atoms with Crippen molar-refractivity contribution in [3.8, 4) is 28.6 Å². The number of anilines is 1. The molecule has 3 aromatic carbocycles. The van der Waals surface area contributed by atoms with Crippen molar-refractivity contribution in [1.29, 1.82) is 5.26 Å². The number of halogens is 1. The van der Waals surface area contributed by atoms with Crippen LogP contribution in [0.15, 0.2) is 102 Å². The summed E-state index contributed by atoms with van der Waals surface area (Å²) in [6.07, 6.45) is 3.98. The molecule has 7 heteroatoms. The van der Waals surface area contributed by atoms with Crippen LogP contribution < -0.4 is 5.43 Å². The van der Waals surface area contributed by atoms with Crippen LogP contribution >= 0.6 is 15.9 Å². The number of aromatic nitrogens is 3. The molecule has 0 amide bonds. The lowest BCUT2D eigenvalue weighted by Crippen LogP contribution is -2.36. The Balaban J connectivity index is 1.44. The lowest BCUT2D eigenvalue weighted by molar-refractivity contribution is 0.349. The molecule has 1 aliphatic rings. The Morgan fingerprint density at radius 2 is 1.59 bits per heavy atom. The van der Waals surface area contributed by atoms with Crippen molar-refractivity contribution in [2.24, 2.45) is 5.92 Å². The monoisotopic (exact) mass is 508 g/mol. The number of hydrogen-bond donors (Lipinski definition) is 1. The number of hydrogen-bond acceptors (Lipinski definition) is 6. The molecule has 0 spiro atoms. The molecule has 0 bridgehead atoms. The molecule has 0 radical (unpaired) electrons. The fraction of sp³-hybridized carbons (Fsp3) is 0.111. The van der Waals surface area contributed by atoms with Crippen LogP contribution in [0.1, 0.15) is 11.5 Å².